The van der Waals surface area contributed by atoms with Crippen LogP contribution in [0.2, 0.25) is 0 Å². The molecule has 27 heteroatoms. The molecular weight excluding hydrogens is 1290 g/mol. The quantitative estimate of drug-likeness (QED) is 0.107. The molecule has 2 aliphatic carbocycles. The van der Waals surface area contributed by atoms with Gasteiger partial charge in [0.05, 0.1) is 47.5 Å². The number of esters is 1. The molecule has 2 radical (unpaired) electrons. The number of nitrogens with one attached hydrogen (secondary N) is 1. The third-order valence-electron chi connectivity index (χ3n) is 18.1. The number of aryl methyl sites for hydroxylation is 2. The molecule has 2 N–H and O–H groups in total. The van der Waals surface area contributed by atoms with Gasteiger partial charge in [0.25, 0.3) is 0 Å². The second kappa shape index (κ2) is 32.5. The van der Waals surface area contributed by atoms with E-state index in [1.54, 1.807) is 18.2 Å². The number of alkyl halides is 6. The molecule has 2 saturated heterocycles. The second-order valence-corrected chi connectivity index (χ2v) is 26.6. The van der Waals surface area contributed by atoms with E-state index in [1.165, 1.54) is 21.9 Å². The van der Waals surface area contributed by atoms with E-state index in [0.717, 1.165) is 88.8 Å². The summed E-state index contributed by atoms with van der Waals surface area (Å²) >= 11 is 0. The van der Waals surface area contributed by atoms with Gasteiger partial charge in [-0.05, 0) is 123 Å². The number of aromatic hydroxyl groups is 1. The van der Waals surface area contributed by atoms with E-state index in [2.05, 4.69) is 21.3 Å². The van der Waals surface area contributed by atoms with Gasteiger partial charge in [0.15, 0.2) is 0 Å². The van der Waals surface area contributed by atoms with E-state index in [4.69, 9.17) is 33.9 Å². The Morgan fingerprint density at radius 2 is 1.13 bits per heavy atom. The molecule has 0 unspecified atom stereocenters. The van der Waals surface area contributed by atoms with Crippen molar-refractivity contribution in [2.75, 3.05) is 13.1 Å². The van der Waals surface area contributed by atoms with Crippen LogP contribution in [0, 0.1) is 40.4 Å². The van der Waals surface area contributed by atoms with E-state index < -0.39 is 83.8 Å². The number of alkyl carbamates (subject to hydrolysis) is 1. The Morgan fingerprint density at radius 1 is 0.620 bits per heavy atom. The minimum absolute atomic E-state index is 0. The molecule has 4 fully saturated rings. The number of halogens is 6. The molecule has 4 aliphatic heterocycles. The number of ether oxygens (including phenoxy) is 5. The van der Waals surface area contributed by atoms with E-state index in [9.17, 15) is 60.2 Å². The average Bonchev–Trinajstić information content (AvgIpc) is 1.58. The molecule has 0 spiro atoms. The van der Waals surface area contributed by atoms with Crippen molar-refractivity contribution in [3.05, 3.63) is 47.8 Å². The standard InChI is InChI=1S/C33H42F3N4O6.C31H40N3O6.CHF3.2V/c1-5-21-25(18-41)40-17-27(21)44-29-23(37-22-15-14-20(16-24(22)38-29)46-33(34,35)36)12-8-6-7-10-19-11-9-13-26(19)45-31(43)39-28(30(40)42)32(2,3)4;1-5-20-25(17-35)34-16-27(20)40-29-23(32-22-12-11-19(36)14-24(22)33-29)10-8-6-7-9-18-13-26(18)39-28(37)15-21(30(34)38)31(2,3)4;2-1(3)4;;/h14-16,19,21,25-28H,5-13,17H2,1-4H3,(H,39,43);11-12,14,18,20-21,25-27,36H,5-10,13,15-16H2,1-4H3;1H;;/q2*-1;;;/t19-,21+,25-,26-,27+,28-;18-,20+,21-,25-,26-,27+;;;/m11.../s1. The van der Waals surface area contributed by atoms with Crippen molar-refractivity contribution < 1.29 is 121 Å². The number of amides is 3. The second-order valence-electron chi connectivity index (χ2n) is 26.6. The van der Waals surface area contributed by atoms with Crippen LogP contribution in [0.4, 0.5) is 31.1 Å². The number of aromatic nitrogens is 4. The number of rotatable bonds is 5. The molecule has 6 aliphatic rings. The van der Waals surface area contributed by atoms with Crippen LogP contribution in [-0.2, 0) is 83.4 Å². The fourth-order valence-corrected chi connectivity index (χ4v) is 13.2. The van der Waals surface area contributed by atoms with Crippen molar-refractivity contribution in [1.29, 1.82) is 0 Å². The molecule has 2 aromatic heterocycles. The van der Waals surface area contributed by atoms with Gasteiger partial charge in [0.1, 0.15) is 53.3 Å². The molecular formula is C65H83F6N7O12V2-2. The van der Waals surface area contributed by atoms with Gasteiger partial charge in [0.2, 0.25) is 23.6 Å². The maximum atomic E-state index is 14.1. The smallest absolute Gasteiger partial charge is 0.540 e. The Bertz CT molecular complexity index is 3190. The number of benzene rings is 2. The summed E-state index contributed by atoms with van der Waals surface area (Å²) in [4.78, 5) is 101. The van der Waals surface area contributed by atoms with Crippen molar-refractivity contribution in [2.45, 2.75) is 220 Å². The van der Waals surface area contributed by atoms with Crippen LogP contribution < -0.4 is 19.5 Å². The first kappa shape index (κ1) is 75.1. The first-order valence-corrected chi connectivity index (χ1v) is 31.4. The molecule has 4 bridgehead atoms. The Morgan fingerprint density at radius 3 is 1.64 bits per heavy atom. The molecule has 92 heavy (non-hydrogen) atoms. The minimum Gasteiger partial charge on any atom is -0.540 e. The minimum atomic E-state index is -4.87. The zero-order valence-corrected chi connectivity index (χ0v) is 56.0. The normalized spacial score (nSPS) is 27.6. The average molecular weight is 1370 g/mol. The summed E-state index contributed by atoms with van der Waals surface area (Å²) in [5, 5.41) is 12.8. The number of fused-ring (bicyclic) bond motifs is 10. The largest absolute Gasteiger partial charge is 0.573 e. The maximum absolute atomic E-state index is 14.1. The molecule has 12 atom stereocenters. The zero-order valence-electron chi connectivity index (χ0n) is 53.2. The van der Waals surface area contributed by atoms with Gasteiger partial charge >= 0.3 is 25.1 Å². The molecule has 3 amide bonds. The summed E-state index contributed by atoms with van der Waals surface area (Å²) < 4.78 is 96.5. The number of phenolic OH excluding ortho intramolecular Hbond substituents is 1. The monoisotopic (exact) mass is 1370 g/mol. The van der Waals surface area contributed by atoms with Gasteiger partial charge in [-0.1, -0.05) is 106 Å². The van der Waals surface area contributed by atoms with E-state index in [0.29, 0.717) is 59.7 Å². The summed E-state index contributed by atoms with van der Waals surface area (Å²) in [5.41, 5.74) is 1.78. The molecule has 2 saturated carbocycles. The number of phenols is 1. The van der Waals surface area contributed by atoms with Crippen molar-refractivity contribution in [2.24, 2.45) is 40.4 Å². The fourth-order valence-electron chi connectivity index (χ4n) is 13.2. The van der Waals surface area contributed by atoms with Crippen molar-refractivity contribution >= 4 is 58.5 Å². The Labute approximate surface area is 556 Å². The Kier molecular flexibility index (Phi) is 26.5. The summed E-state index contributed by atoms with van der Waals surface area (Å²) in [6.07, 6.45) is 10.2. The molecule has 2 aromatic carbocycles. The molecule has 19 nitrogen and oxygen atoms in total. The van der Waals surface area contributed by atoms with Crippen LogP contribution >= 0.6 is 0 Å². The molecule has 504 valence electrons. The number of carbonyl (C=O) groups excluding carboxylic acids is 6. The van der Waals surface area contributed by atoms with Crippen LogP contribution in [0.25, 0.3) is 22.1 Å². The first-order chi connectivity index (χ1) is 42.6. The summed E-state index contributed by atoms with van der Waals surface area (Å²) in [5.74, 6) is -1.70. The Balaban J connectivity index is 0.000000273. The number of hydrogen-bond acceptors (Lipinski definition) is 16. The molecule has 4 aromatic rings. The van der Waals surface area contributed by atoms with Crippen LogP contribution in [0.15, 0.2) is 36.4 Å². The van der Waals surface area contributed by atoms with Crippen LogP contribution in [-0.4, -0.2) is 140 Å². The predicted octanol–water partition coefficient (Wildman–Crippen LogP) is 11.8. The van der Waals surface area contributed by atoms with Crippen molar-refractivity contribution in [3.63, 3.8) is 0 Å². The van der Waals surface area contributed by atoms with E-state index in [-0.39, 0.29) is 110 Å². The number of carbonyl (C=O) groups is 4. The van der Waals surface area contributed by atoms with Gasteiger partial charge in [0, 0.05) is 49.2 Å². The van der Waals surface area contributed by atoms with Crippen LogP contribution in [0.3, 0.4) is 0 Å². The summed E-state index contributed by atoms with van der Waals surface area (Å²) in [6.45, 7) is 11.7. The molecule has 10 rings (SSSR count). The van der Waals surface area contributed by atoms with Crippen molar-refractivity contribution in [1.82, 2.24) is 35.1 Å². The molecule has 6 heterocycles. The zero-order chi connectivity index (χ0) is 65.4. The summed E-state index contributed by atoms with van der Waals surface area (Å²) in [7, 11) is 0. The predicted molar refractivity (Wildman–Crippen MR) is 317 cm³/mol. The fraction of sp³-hybridized carbons (Fsp3) is 0.662. The van der Waals surface area contributed by atoms with E-state index in [1.807, 2.05) is 61.7 Å². The topological polar surface area (TPSA) is 239 Å². The first-order valence-electron chi connectivity index (χ1n) is 31.4. The third kappa shape index (κ3) is 19.4. The van der Waals surface area contributed by atoms with Crippen LogP contribution in [0.1, 0.15) is 163 Å². The maximum Gasteiger partial charge on any atom is 0.573 e. The van der Waals surface area contributed by atoms with Gasteiger partial charge < -0.3 is 53.5 Å². The Hall–Kier alpha value is -5.91. The van der Waals surface area contributed by atoms with Gasteiger partial charge in [-0.25, -0.2) is 37.3 Å². The van der Waals surface area contributed by atoms with Gasteiger partial charge in [-0.15, -0.1) is 13.2 Å². The summed E-state index contributed by atoms with van der Waals surface area (Å²) in [6, 6.07) is 5.94. The van der Waals surface area contributed by atoms with Crippen molar-refractivity contribution in [3.8, 4) is 23.3 Å². The van der Waals surface area contributed by atoms with Gasteiger partial charge in [-0.2, -0.15) is 13.2 Å². The number of hydrogen-bond donors (Lipinski definition) is 2. The van der Waals surface area contributed by atoms with Gasteiger partial charge in [-0.3, -0.25) is 14.4 Å². The van der Waals surface area contributed by atoms with Crippen LogP contribution in [0.5, 0.6) is 23.3 Å². The third-order valence-corrected chi connectivity index (χ3v) is 18.1. The van der Waals surface area contributed by atoms with E-state index >= 15 is 0 Å². The SMILES string of the molecule is CC[C@@H]1[C@@H]2CN(C(=O)[C@H](C(C)(C)C)CC(=O)O[C@@H]3C[C@H]3CCCCCc3nc4ccc(O)cc4nc3O2)[C@@H]1[C-]=O.CC[C@@H]1[C@@H]2CN(C(=O)[C@H](C(C)(C)C)NC(=O)O[C@@H]3CCC[C@H]3CCCCCc3nc4ccc(OC(F)(F)F)cc4nc3O2)[C@@H]1[C-]=O.FC(F)F.[V].[V]. The number of nitrogens with zero attached hydrogens (tertiary/aromatic N) is 6.